The normalized spacial score (nSPS) is 11.1. The molecule has 3 aromatic carbocycles. The van der Waals surface area contributed by atoms with E-state index in [-0.39, 0.29) is 0 Å². The largest absolute Gasteiger partial charge is 0.492 e. The van der Waals surface area contributed by atoms with Gasteiger partial charge in [-0.05, 0) is 55.0 Å². The van der Waals surface area contributed by atoms with Crippen molar-refractivity contribution in [2.24, 2.45) is 0 Å². The summed E-state index contributed by atoms with van der Waals surface area (Å²) in [6.45, 7) is 3.30. The van der Waals surface area contributed by atoms with Gasteiger partial charge in [0, 0.05) is 9.92 Å². The summed E-state index contributed by atoms with van der Waals surface area (Å²) in [5.74, 6) is 2.72. The summed E-state index contributed by atoms with van der Waals surface area (Å²) in [4.78, 5) is 6.09. The Morgan fingerprint density at radius 1 is 1.00 bits per heavy atom. The van der Waals surface area contributed by atoms with Crippen LogP contribution in [-0.2, 0) is 12.3 Å². The second kappa shape index (κ2) is 8.72. The molecule has 0 spiro atoms. The summed E-state index contributed by atoms with van der Waals surface area (Å²) in [6, 6.07) is 24.4. The Balaban J connectivity index is 1.50. The molecule has 1 aromatic heterocycles. The van der Waals surface area contributed by atoms with E-state index in [1.165, 1.54) is 4.90 Å². The molecule has 5 heteroatoms. The van der Waals surface area contributed by atoms with Crippen LogP contribution in [0.1, 0.15) is 11.4 Å². The Morgan fingerprint density at radius 3 is 2.61 bits per heavy atom. The van der Waals surface area contributed by atoms with Crippen LogP contribution in [0.4, 0.5) is 0 Å². The van der Waals surface area contributed by atoms with Gasteiger partial charge in [0.15, 0.2) is 0 Å². The lowest BCUT2D eigenvalue weighted by atomic mass is 10.2. The van der Waals surface area contributed by atoms with Crippen molar-refractivity contribution < 1.29 is 4.74 Å². The lowest BCUT2D eigenvalue weighted by Crippen LogP contribution is -2.11. The predicted octanol–water partition coefficient (Wildman–Crippen LogP) is 6.37. The summed E-state index contributed by atoms with van der Waals surface area (Å²) in [5, 5.41) is 0.758. The standard InChI is InChI=1S/C23H21ClN2OS/c1-17-15-18(11-12-20(17)24)27-14-13-26-22-10-6-5-9-21(22)25-23(26)16-28-19-7-3-2-4-8-19/h2-12,15H,13-14,16H2,1H3. The van der Waals surface area contributed by atoms with Crippen LogP contribution in [0.15, 0.2) is 77.7 Å². The Labute approximate surface area is 174 Å². The van der Waals surface area contributed by atoms with Crippen molar-refractivity contribution in [2.75, 3.05) is 6.61 Å². The number of rotatable bonds is 7. The summed E-state index contributed by atoms with van der Waals surface area (Å²) in [6.07, 6.45) is 0. The maximum absolute atomic E-state index is 6.10. The van der Waals surface area contributed by atoms with E-state index in [1.807, 2.05) is 37.3 Å². The SMILES string of the molecule is Cc1cc(OCCn2c(CSc3ccccc3)nc3ccccc32)ccc1Cl. The van der Waals surface area contributed by atoms with Gasteiger partial charge in [0.2, 0.25) is 0 Å². The third-order valence-corrected chi connectivity index (χ3v) is 5.99. The number of benzene rings is 3. The molecule has 142 valence electrons. The van der Waals surface area contributed by atoms with Crippen molar-refractivity contribution in [3.63, 3.8) is 0 Å². The topological polar surface area (TPSA) is 27.1 Å². The van der Waals surface area contributed by atoms with Crippen molar-refractivity contribution >= 4 is 34.4 Å². The van der Waals surface area contributed by atoms with Crippen LogP contribution in [0, 0.1) is 6.92 Å². The van der Waals surface area contributed by atoms with E-state index in [1.54, 1.807) is 11.8 Å². The molecule has 0 aliphatic rings. The van der Waals surface area contributed by atoms with E-state index < -0.39 is 0 Å². The highest BCUT2D eigenvalue weighted by atomic mass is 35.5. The molecule has 0 fully saturated rings. The van der Waals surface area contributed by atoms with Gasteiger partial charge in [-0.1, -0.05) is 41.9 Å². The zero-order chi connectivity index (χ0) is 19.3. The lowest BCUT2D eigenvalue weighted by molar-refractivity contribution is 0.298. The van der Waals surface area contributed by atoms with Gasteiger partial charge < -0.3 is 9.30 Å². The quantitative estimate of drug-likeness (QED) is 0.332. The van der Waals surface area contributed by atoms with Gasteiger partial charge in [-0.15, -0.1) is 11.8 Å². The van der Waals surface area contributed by atoms with Crippen LogP contribution in [-0.4, -0.2) is 16.2 Å². The molecule has 0 saturated carbocycles. The van der Waals surface area contributed by atoms with E-state index in [4.69, 9.17) is 21.3 Å². The Bertz CT molecular complexity index is 1080. The first kappa shape index (κ1) is 18.9. The molecule has 0 radical (unpaired) electrons. The van der Waals surface area contributed by atoms with Crippen LogP contribution < -0.4 is 4.74 Å². The minimum Gasteiger partial charge on any atom is -0.492 e. The average Bonchev–Trinajstić information content (AvgIpc) is 3.07. The molecule has 0 N–H and O–H groups in total. The van der Waals surface area contributed by atoms with Crippen LogP contribution in [0.25, 0.3) is 11.0 Å². The highest BCUT2D eigenvalue weighted by Crippen LogP contribution is 2.25. The number of hydrogen-bond donors (Lipinski definition) is 0. The van der Waals surface area contributed by atoms with Gasteiger partial charge in [0.25, 0.3) is 0 Å². The Hall–Kier alpha value is -2.43. The van der Waals surface area contributed by atoms with E-state index >= 15 is 0 Å². The monoisotopic (exact) mass is 408 g/mol. The van der Waals surface area contributed by atoms with Crippen molar-refractivity contribution in [1.29, 1.82) is 0 Å². The van der Waals surface area contributed by atoms with Crippen molar-refractivity contribution in [3.05, 3.63) is 89.2 Å². The second-order valence-electron chi connectivity index (χ2n) is 6.53. The molecule has 3 nitrogen and oxygen atoms in total. The number of imidazole rings is 1. The van der Waals surface area contributed by atoms with Gasteiger partial charge in [-0.25, -0.2) is 4.98 Å². The number of halogens is 1. The minimum atomic E-state index is 0.574. The van der Waals surface area contributed by atoms with Crippen LogP contribution in [0.3, 0.4) is 0 Å². The molecule has 0 aliphatic heterocycles. The maximum atomic E-state index is 6.10. The highest BCUT2D eigenvalue weighted by Gasteiger charge is 2.11. The van der Waals surface area contributed by atoms with E-state index in [9.17, 15) is 0 Å². The lowest BCUT2D eigenvalue weighted by Gasteiger charge is -2.11. The molecule has 1 heterocycles. The summed E-state index contributed by atoms with van der Waals surface area (Å²) in [5.41, 5.74) is 3.18. The molecule has 4 rings (SSSR count). The smallest absolute Gasteiger partial charge is 0.120 e. The summed E-state index contributed by atoms with van der Waals surface area (Å²) in [7, 11) is 0. The number of hydrogen-bond acceptors (Lipinski definition) is 3. The number of aromatic nitrogens is 2. The molecular weight excluding hydrogens is 388 g/mol. The van der Waals surface area contributed by atoms with Gasteiger partial charge in [-0.2, -0.15) is 0 Å². The highest BCUT2D eigenvalue weighted by molar-refractivity contribution is 7.98. The van der Waals surface area contributed by atoms with Crippen LogP contribution in [0.2, 0.25) is 5.02 Å². The number of para-hydroxylation sites is 2. The van der Waals surface area contributed by atoms with E-state index in [2.05, 4.69) is 47.0 Å². The first-order chi connectivity index (χ1) is 13.7. The fourth-order valence-corrected chi connectivity index (χ4v) is 4.09. The number of aryl methyl sites for hydroxylation is 1. The van der Waals surface area contributed by atoms with Gasteiger partial charge in [-0.3, -0.25) is 0 Å². The number of ether oxygens (including phenoxy) is 1. The fraction of sp³-hybridized carbons (Fsp3) is 0.174. The van der Waals surface area contributed by atoms with Crippen LogP contribution in [0.5, 0.6) is 5.75 Å². The molecule has 28 heavy (non-hydrogen) atoms. The van der Waals surface area contributed by atoms with Gasteiger partial charge in [0.1, 0.15) is 18.2 Å². The van der Waals surface area contributed by atoms with E-state index in [0.29, 0.717) is 6.61 Å². The summed E-state index contributed by atoms with van der Waals surface area (Å²) >= 11 is 7.89. The van der Waals surface area contributed by atoms with Gasteiger partial charge in [0.05, 0.1) is 23.3 Å². The molecule has 0 saturated heterocycles. The second-order valence-corrected chi connectivity index (χ2v) is 7.99. The molecule has 0 bridgehead atoms. The fourth-order valence-electron chi connectivity index (χ4n) is 3.11. The van der Waals surface area contributed by atoms with Gasteiger partial charge >= 0.3 is 0 Å². The molecular formula is C23H21ClN2OS. The zero-order valence-electron chi connectivity index (χ0n) is 15.6. The zero-order valence-corrected chi connectivity index (χ0v) is 17.2. The Kier molecular flexibility index (Phi) is 5.89. The molecule has 0 amide bonds. The predicted molar refractivity (Wildman–Crippen MR) is 117 cm³/mol. The van der Waals surface area contributed by atoms with Crippen molar-refractivity contribution in [1.82, 2.24) is 9.55 Å². The third kappa shape index (κ3) is 4.34. The molecule has 0 atom stereocenters. The molecule has 4 aromatic rings. The third-order valence-electron chi connectivity index (χ3n) is 4.56. The number of nitrogens with zero attached hydrogens (tertiary/aromatic N) is 2. The molecule has 0 aliphatic carbocycles. The van der Waals surface area contributed by atoms with Crippen LogP contribution >= 0.6 is 23.4 Å². The average molecular weight is 409 g/mol. The van der Waals surface area contributed by atoms with Crippen molar-refractivity contribution in [3.8, 4) is 5.75 Å². The summed E-state index contributed by atoms with van der Waals surface area (Å²) < 4.78 is 8.23. The maximum Gasteiger partial charge on any atom is 0.120 e. The first-order valence-electron chi connectivity index (χ1n) is 9.21. The van der Waals surface area contributed by atoms with Crippen molar-refractivity contribution in [2.45, 2.75) is 24.1 Å². The number of thioether (sulfide) groups is 1. The van der Waals surface area contributed by atoms with E-state index in [0.717, 1.165) is 45.5 Å². The minimum absolute atomic E-state index is 0.574. The first-order valence-corrected chi connectivity index (χ1v) is 10.6. The molecule has 0 unspecified atom stereocenters. The number of fused-ring (bicyclic) bond motifs is 1. The Morgan fingerprint density at radius 2 is 1.79 bits per heavy atom.